The summed E-state index contributed by atoms with van der Waals surface area (Å²) in [6, 6.07) is 15.1. The Morgan fingerprint density at radius 1 is 0.900 bits per heavy atom. The van der Waals surface area contributed by atoms with Crippen molar-refractivity contribution in [2.75, 3.05) is 0 Å². The van der Waals surface area contributed by atoms with E-state index in [1.807, 2.05) is 0 Å². The third-order valence-corrected chi connectivity index (χ3v) is 4.91. The standard InChI is InChI=1S/C17H11Br2N/c18-13-8-12-7-11-6-5-10-3-1-2-4-14(10)16(11)20-17(12)15(19)9-13/h1-4,7-9H,5-6H2. The van der Waals surface area contributed by atoms with Crippen molar-refractivity contribution >= 4 is 42.8 Å². The number of rotatable bonds is 0. The molecular formula is C17H11Br2N. The van der Waals surface area contributed by atoms with E-state index in [-0.39, 0.29) is 0 Å². The van der Waals surface area contributed by atoms with E-state index in [1.54, 1.807) is 0 Å². The summed E-state index contributed by atoms with van der Waals surface area (Å²) < 4.78 is 2.11. The van der Waals surface area contributed by atoms with Crippen LogP contribution in [0.4, 0.5) is 0 Å². The van der Waals surface area contributed by atoms with Crippen molar-refractivity contribution in [2.24, 2.45) is 0 Å². The van der Waals surface area contributed by atoms with Gasteiger partial charge in [0.2, 0.25) is 0 Å². The number of fused-ring (bicyclic) bond motifs is 4. The normalized spacial score (nSPS) is 13.1. The van der Waals surface area contributed by atoms with Gasteiger partial charge in [0.1, 0.15) is 0 Å². The van der Waals surface area contributed by atoms with Crippen molar-refractivity contribution in [3.05, 3.63) is 62.5 Å². The summed E-state index contributed by atoms with van der Waals surface area (Å²) in [7, 11) is 0. The molecule has 4 rings (SSSR count). The summed E-state index contributed by atoms with van der Waals surface area (Å²) in [6.07, 6.45) is 2.17. The number of aryl methyl sites for hydroxylation is 2. The lowest BCUT2D eigenvalue weighted by molar-refractivity contribution is 0.933. The number of hydrogen-bond acceptors (Lipinski definition) is 1. The van der Waals surface area contributed by atoms with E-state index in [1.165, 1.54) is 22.1 Å². The van der Waals surface area contributed by atoms with Crippen LogP contribution in [0, 0.1) is 0 Å². The molecule has 98 valence electrons. The van der Waals surface area contributed by atoms with E-state index in [4.69, 9.17) is 4.98 Å². The summed E-state index contributed by atoms with van der Waals surface area (Å²) in [5.41, 5.74) is 6.21. The first-order valence-corrected chi connectivity index (χ1v) is 8.18. The fourth-order valence-corrected chi connectivity index (χ4v) is 4.26. The molecule has 0 amide bonds. The van der Waals surface area contributed by atoms with E-state index in [0.717, 1.165) is 33.0 Å². The van der Waals surface area contributed by atoms with Gasteiger partial charge in [-0.1, -0.05) is 40.2 Å². The number of hydrogen-bond donors (Lipinski definition) is 0. The Balaban J connectivity index is 2.06. The molecule has 0 aliphatic heterocycles. The maximum absolute atomic E-state index is 4.93. The first kappa shape index (κ1) is 12.5. The van der Waals surface area contributed by atoms with Crippen molar-refractivity contribution in [1.82, 2.24) is 4.98 Å². The Labute approximate surface area is 134 Å². The second-order valence-corrected chi connectivity index (χ2v) is 6.88. The first-order valence-electron chi connectivity index (χ1n) is 6.59. The zero-order valence-corrected chi connectivity index (χ0v) is 13.8. The van der Waals surface area contributed by atoms with Crippen LogP contribution in [0.3, 0.4) is 0 Å². The summed E-state index contributed by atoms with van der Waals surface area (Å²) in [4.78, 5) is 4.93. The molecule has 1 aliphatic rings. The lowest BCUT2D eigenvalue weighted by Crippen LogP contribution is -2.05. The molecule has 0 fully saturated rings. The smallest absolute Gasteiger partial charge is 0.0852 e. The van der Waals surface area contributed by atoms with E-state index in [0.29, 0.717) is 0 Å². The molecule has 20 heavy (non-hydrogen) atoms. The zero-order valence-electron chi connectivity index (χ0n) is 10.7. The van der Waals surface area contributed by atoms with Gasteiger partial charge in [0.25, 0.3) is 0 Å². The highest BCUT2D eigenvalue weighted by Crippen LogP contribution is 2.36. The fourth-order valence-electron chi connectivity index (χ4n) is 2.92. The van der Waals surface area contributed by atoms with Crippen LogP contribution in [0.5, 0.6) is 0 Å². The van der Waals surface area contributed by atoms with E-state index in [2.05, 4.69) is 74.3 Å². The molecule has 3 aromatic rings. The predicted molar refractivity (Wildman–Crippen MR) is 90.0 cm³/mol. The van der Waals surface area contributed by atoms with Gasteiger partial charge >= 0.3 is 0 Å². The third-order valence-electron chi connectivity index (χ3n) is 3.85. The van der Waals surface area contributed by atoms with E-state index >= 15 is 0 Å². The lowest BCUT2D eigenvalue weighted by atomic mass is 9.88. The maximum Gasteiger partial charge on any atom is 0.0852 e. The van der Waals surface area contributed by atoms with Gasteiger partial charge in [0.05, 0.1) is 11.2 Å². The summed E-state index contributed by atoms with van der Waals surface area (Å²) in [5, 5.41) is 1.18. The second kappa shape index (κ2) is 4.68. The summed E-state index contributed by atoms with van der Waals surface area (Å²) in [6.45, 7) is 0. The minimum absolute atomic E-state index is 1.03. The number of benzene rings is 2. The van der Waals surface area contributed by atoms with Crippen molar-refractivity contribution < 1.29 is 0 Å². The predicted octanol–water partition coefficient (Wildman–Crippen LogP) is 5.53. The molecule has 0 saturated heterocycles. The van der Waals surface area contributed by atoms with Gasteiger partial charge in [0.15, 0.2) is 0 Å². The Bertz CT molecular complexity index is 840. The molecule has 2 aromatic carbocycles. The first-order chi connectivity index (χ1) is 9.72. The number of pyridine rings is 1. The molecule has 0 atom stereocenters. The molecule has 3 heteroatoms. The maximum atomic E-state index is 4.93. The van der Waals surface area contributed by atoms with E-state index < -0.39 is 0 Å². The average molecular weight is 389 g/mol. The molecule has 0 radical (unpaired) electrons. The van der Waals surface area contributed by atoms with Crippen LogP contribution in [0.2, 0.25) is 0 Å². The Morgan fingerprint density at radius 2 is 1.70 bits per heavy atom. The molecule has 1 heterocycles. The Kier molecular flexibility index (Phi) is 2.93. The Morgan fingerprint density at radius 3 is 2.60 bits per heavy atom. The topological polar surface area (TPSA) is 12.9 Å². The Hall–Kier alpha value is -1.19. The lowest BCUT2D eigenvalue weighted by Gasteiger charge is -2.19. The highest BCUT2D eigenvalue weighted by molar-refractivity contribution is 9.11. The van der Waals surface area contributed by atoms with Crippen LogP contribution < -0.4 is 0 Å². The molecule has 0 N–H and O–H groups in total. The van der Waals surface area contributed by atoms with Crippen LogP contribution in [0.25, 0.3) is 22.2 Å². The molecule has 1 aliphatic carbocycles. The monoisotopic (exact) mass is 387 g/mol. The number of halogens is 2. The van der Waals surface area contributed by atoms with Gasteiger partial charge in [-0.15, -0.1) is 0 Å². The van der Waals surface area contributed by atoms with Gasteiger partial charge in [-0.2, -0.15) is 0 Å². The molecular weight excluding hydrogens is 378 g/mol. The van der Waals surface area contributed by atoms with Gasteiger partial charge < -0.3 is 0 Å². The highest BCUT2D eigenvalue weighted by Gasteiger charge is 2.18. The second-order valence-electron chi connectivity index (χ2n) is 5.11. The minimum atomic E-state index is 1.03. The third kappa shape index (κ3) is 1.92. The highest BCUT2D eigenvalue weighted by atomic mass is 79.9. The molecule has 0 saturated carbocycles. The number of aromatic nitrogens is 1. The van der Waals surface area contributed by atoms with Crippen LogP contribution in [0.15, 0.2) is 51.4 Å². The van der Waals surface area contributed by atoms with E-state index in [9.17, 15) is 0 Å². The zero-order chi connectivity index (χ0) is 13.7. The van der Waals surface area contributed by atoms with Crippen molar-refractivity contribution in [2.45, 2.75) is 12.8 Å². The van der Waals surface area contributed by atoms with Crippen LogP contribution in [-0.4, -0.2) is 4.98 Å². The molecule has 1 aromatic heterocycles. The van der Waals surface area contributed by atoms with Gasteiger partial charge in [-0.3, -0.25) is 0 Å². The van der Waals surface area contributed by atoms with Crippen molar-refractivity contribution in [1.29, 1.82) is 0 Å². The van der Waals surface area contributed by atoms with Crippen LogP contribution in [-0.2, 0) is 12.8 Å². The number of nitrogens with zero attached hydrogens (tertiary/aromatic N) is 1. The fraction of sp³-hybridized carbons (Fsp3) is 0.118. The summed E-state index contributed by atoms with van der Waals surface area (Å²) in [5.74, 6) is 0. The molecule has 1 nitrogen and oxygen atoms in total. The van der Waals surface area contributed by atoms with Crippen LogP contribution in [0.1, 0.15) is 11.1 Å². The largest absolute Gasteiger partial charge is 0.246 e. The molecule has 0 unspecified atom stereocenters. The van der Waals surface area contributed by atoms with Crippen LogP contribution >= 0.6 is 31.9 Å². The van der Waals surface area contributed by atoms with Crippen molar-refractivity contribution in [3.8, 4) is 11.3 Å². The van der Waals surface area contributed by atoms with Crippen molar-refractivity contribution in [3.63, 3.8) is 0 Å². The quantitative estimate of drug-likeness (QED) is 0.493. The van der Waals surface area contributed by atoms with Gasteiger partial charge in [-0.25, -0.2) is 4.98 Å². The van der Waals surface area contributed by atoms with Gasteiger partial charge in [0, 0.05) is 19.9 Å². The van der Waals surface area contributed by atoms with Gasteiger partial charge in [-0.05, 0) is 58.1 Å². The molecule has 0 spiro atoms. The summed E-state index contributed by atoms with van der Waals surface area (Å²) >= 11 is 7.17. The average Bonchev–Trinajstić information content (AvgIpc) is 2.45. The SMILES string of the molecule is Brc1cc(Br)c2nc3c(cc2c1)CCc1ccccc1-3. The molecule has 0 bridgehead atoms. The minimum Gasteiger partial charge on any atom is -0.246 e.